The van der Waals surface area contributed by atoms with Crippen LogP contribution in [0.25, 0.3) is 0 Å². The first-order chi connectivity index (χ1) is 8.09. The standard InChI is InChI=1S/C12H13Br2NOS/c1-15(9-4-5-17-7-9)12(16)10-3-2-8(13)6-11(10)14/h2-3,6,9H,4-5,7H2,1H3. The maximum atomic E-state index is 12.3. The number of benzene rings is 1. The summed E-state index contributed by atoms with van der Waals surface area (Å²) >= 11 is 8.75. The molecule has 0 aliphatic carbocycles. The molecule has 0 N–H and O–H groups in total. The van der Waals surface area contributed by atoms with Crippen LogP contribution < -0.4 is 0 Å². The Bertz CT molecular complexity index is 433. The molecule has 1 fully saturated rings. The second-order valence-corrected chi connectivity index (χ2v) is 6.98. The van der Waals surface area contributed by atoms with Crippen LogP contribution in [0.1, 0.15) is 16.8 Å². The maximum absolute atomic E-state index is 12.3. The molecule has 1 aromatic carbocycles. The lowest BCUT2D eigenvalue weighted by atomic mass is 10.1. The number of rotatable bonds is 2. The van der Waals surface area contributed by atoms with Gasteiger partial charge >= 0.3 is 0 Å². The lowest BCUT2D eigenvalue weighted by Crippen LogP contribution is -2.37. The van der Waals surface area contributed by atoms with Gasteiger partial charge in [0.25, 0.3) is 5.91 Å². The number of hydrogen-bond donors (Lipinski definition) is 0. The van der Waals surface area contributed by atoms with E-state index in [4.69, 9.17) is 0 Å². The van der Waals surface area contributed by atoms with Crippen molar-refractivity contribution in [2.24, 2.45) is 0 Å². The highest BCUT2D eigenvalue weighted by Gasteiger charge is 2.25. The average molecular weight is 379 g/mol. The van der Waals surface area contributed by atoms with Crippen molar-refractivity contribution in [2.75, 3.05) is 18.6 Å². The van der Waals surface area contributed by atoms with E-state index in [0.717, 1.165) is 32.4 Å². The second kappa shape index (κ2) is 5.76. The van der Waals surface area contributed by atoms with E-state index in [1.807, 2.05) is 41.9 Å². The third-order valence-electron chi connectivity index (χ3n) is 2.94. The summed E-state index contributed by atoms with van der Waals surface area (Å²) in [5.74, 6) is 2.30. The number of nitrogens with zero attached hydrogens (tertiary/aromatic N) is 1. The topological polar surface area (TPSA) is 20.3 Å². The number of hydrogen-bond acceptors (Lipinski definition) is 2. The molecule has 1 amide bonds. The minimum absolute atomic E-state index is 0.0943. The Balaban J connectivity index is 2.18. The molecule has 1 heterocycles. The first-order valence-electron chi connectivity index (χ1n) is 5.39. The smallest absolute Gasteiger partial charge is 0.255 e. The highest BCUT2D eigenvalue weighted by molar-refractivity contribution is 9.11. The van der Waals surface area contributed by atoms with E-state index in [-0.39, 0.29) is 5.91 Å². The minimum Gasteiger partial charge on any atom is -0.338 e. The lowest BCUT2D eigenvalue weighted by molar-refractivity contribution is 0.0747. The van der Waals surface area contributed by atoms with Crippen molar-refractivity contribution >= 4 is 49.5 Å². The SMILES string of the molecule is CN(C(=O)c1ccc(Br)cc1Br)C1CCSC1. The molecule has 0 aromatic heterocycles. The van der Waals surface area contributed by atoms with Gasteiger partial charge in [0, 0.05) is 27.8 Å². The second-order valence-electron chi connectivity index (χ2n) is 4.06. The van der Waals surface area contributed by atoms with E-state index in [1.165, 1.54) is 0 Å². The Morgan fingerprint density at radius 3 is 2.82 bits per heavy atom. The summed E-state index contributed by atoms with van der Waals surface area (Å²) in [6, 6.07) is 6.04. The minimum atomic E-state index is 0.0943. The van der Waals surface area contributed by atoms with Gasteiger partial charge in [-0.2, -0.15) is 11.8 Å². The number of thioether (sulfide) groups is 1. The zero-order valence-corrected chi connectivity index (χ0v) is 13.4. The van der Waals surface area contributed by atoms with E-state index in [9.17, 15) is 4.79 Å². The summed E-state index contributed by atoms with van der Waals surface area (Å²) in [4.78, 5) is 14.2. The Kier molecular flexibility index (Phi) is 4.55. The largest absolute Gasteiger partial charge is 0.338 e. The molecule has 2 rings (SSSR count). The fraction of sp³-hybridized carbons (Fsp3) is 0.417. The molecule has 2 nitrogen and oxygen atoms in total. The highest BCUT2D eigenvalue weighted by atomic mass is 79.9. The van der Waals surface area contributed by atoms with Gasteiger partial charge in [-0.25, -0.2) is 0 Å². The highest BCUT2D eigenvalue weighted by Crippen LogP contribution is 2.26. The van der Waals surface area contributed by atoms with Gasteiger partial charge in [-0.05, 0) is 46.3 Å². The van der Waals surface area contributed by atoms with E-state index < -0.39 is 0 Å². The van der Waals surface area contributed by atoms with Gasteiger partial charge in [0.15, 0.2) is 0 Å². The Hall–Kier alpha value is -0.000000000000000111. The zero-order valence-electron chi connectivity index (χ0n) is 9.45. The Morgan fingerprint density at radius 2 is 2.24 bits per heavy atom. The molecule has 0 radical (unpaired) electrons. The molecule has 1 aliphatic heterocycles. The van der Waals surface area contributed by atoms with Crippen molar-refractivity contribution in [3.63, 3.8) is 0 Å². The van der Waals surface area contributed by atoms with Crippen molar-refractivity contribution in [3.05, 3.63) is 32.7 Å². The van der Waals surface area contributed by atoms with Crippen molar-refractivity contribution in [1.29, 1.82) is 0 Å². The Morgan fingerprint density at radius 1 is 1.47 bits per heavy atom. The van der Waals surface area contributed by atoms with Crippen LogP contribution in [-0.4, -0.2) is 35.4 Å². The average Bonchev–Trinajstić information content (AvgIpc) is 2.80. The van der Waals surface area contributed by atoms with Gasteiger partial charge in [-0.3, -0.25) is 4.79 Å². The van der Waals surface area contributed by atoms with Crippen LogP contribution in [0, 0.1) is 0 Å². The normalized spacial score (nSPS) is 19.4. The van der Waals surface area contributed by atoms with E-state index in [2.05, 4.69) is 31.9 Å². The summed E-state index contributed by atoms with van der Waals surface area (Å²) in [6.45, 7) is 0. The summed E-state index contributed by atoms with van der Waals surface area (Å²) in [5, 5.41) is 0. The van der Waals surface area contributed by atoms with Gasteiger partial charge in [-0.1, -0.05) is 15.9 Å². The first-order valence-corrected chi connectivity index (χ1v) is 8.13. The lowest BCUT2D eigenvalue weighted by Gasteiger charge is -2.24. The molecule has 1 saturated heterocycles. The number of carbonyl (C=O) groups is 1. The molecule has 0 bridgehead atoms. The van der Waals surface area contributed by atoms with Gasteiger partial charge in [0.05, 0.1) is 5.56 Å². The fourth-order valence-electron chi connectivity index (χ4n) is 1.85. The van der Waals surface area contributed by atoms with Crippen molar-refractivity contribution in [3.8, 4) is 0 Å². The third kappa shape index (κ3) is 3.06. The van der Waals surface area contributed by atoms with Gasteiger partial charge in [0.2, 0.25) is 0 Å². The quantitative estimate of drug-likeness (QED) is 0.780. The number of carbonyl (C=O) groups excluding carboxylic acids is 1. The predicted molar refractivity (Wildman–Crippen MR) is 79.7 cm³/mol. The first kappa shape index (κ1) is 13.4. The molecule has 0 saturated carbocycles. The van der Waals surface area contributed by atoms with Crippen LogP contribution in [0.4, 0.5) is 0 Å². The van der Waals surface area contributed by atoms with Crippen LogP contribution in [0.15, 0.2) is 27.1 Å². The maximum Gasteiger partial charge on any atom is 0.255 e. The van der Waals surface area contributed by atoms with E-state index >= 15 is 0 Å². The van der Waals surface area contributed by atoms with E-state index in [1.54, 1.807) is 0 Å². The molecule has 92 valence electrons. The summed E-state index contributed by atoms with van der Waals surface area (Å²) in [6.07, 6.45) is 1.10. The number of amides is 1. The Labute approximate surface area is 122 Å². The molecule has 0 spiro atoms. The monoisotopic (exact) mass is 377 g/mol. The van der Waals surface area contributed by atoms with Gasteiger partial charge in [-0.15, -0.1) is 0 Å². The molecule has 5 heteroatoms. The zero-order chi connectivity index (χ0) is 12.4. The van der Waals surface area contributed by atoms with Crippen LogP contribution in [0.3, 0.4) is 0 Å². The van der Waals surface area contributed by atoms with Crippen molar-refractivity contribution in [2.45, 2.75) is 12.5 Å². The van der Waals surface area contributed by atoms with E-state index in [0.29, 0.717) is 6.04 Å². The third-order valence-corrected chi connectivity index (χ3v) is 5.23. The van der Waals surface area contributed by atoms with Crippen molar-refractivity contribution in [1.82, 2.24) is 4.90 Å². The molecule has 1 aliphatic rings. The van der Waals surface area contributed by atoms with Crippen LogP contribution in [0.5, 0.6) is 0 Å². The molecule has 1 unspecified atom stereocenters. The van der Waals surface area contributed by atoms with Crippen LogP contribution >= 0.6 is 43.6 Å². The van der Waals surface area contributed by atoms with Crippen LogP contribution in [0.2, 0.25) is 0 Å². The molecule has 17 heavy (non-hydrogen) atoms. The van der Waals surface area contributed by atoms with Gasteiger partial charge < -0.3 is 4.90 Å². The molecular weight excluding hydrogens is 366 g/mol. The summed E-state index contributed by atoms with van der Waals surface area (Å²) in [5.41, 5.74) is 0.729. The fourth-order valence-corrected chi connectivity index (χ4v) is 4.33. The van der Waals surface area contributed by atoms with Gasteiger partial charge in [0.1, 0.15) is 0 Å². The molecular formula is C12H13Br2NOS. The number of halogens is 2. The predicted octanol–water partition coefficient (Wildman–Crippen LogP) is 3.79. The summed E-state index contributed by atoms with van der Waals surface area (Å²) < 4.78 is 1.81. The molecule has 1 atom stereocenters. The van der Waals surface area contributed by atoms with Crippen LogP contribution in [-0.2, 0) is 0 Å². The summed E-state index contributed by atoms with van der Waals surface area (Å²) in [7, 11) is 1.90. The van der Waals surface area contributed by atoms with Crippen molar-refractivity contribution < 1.29 is 4.79 Å². The molecule has 1 aromatic rings.